The van der Waals surface area contributed by atoms with Crippen LogP contribution in [0.2, 0.25) is 0 Å². The van der Waals surface area contributed by atoms with Crippen molar-refractivity contribution in [2.24, 2.45) is 0 Å². The fourth-order valence-corrected chi connectivity index (χ4v) is 3.20. The van der Waals surface area contributed by atoms with Gasteiger partial charge in [-0.15, -0.1) is 0 Å². The van der Waals surface area contributed by atoms with E-state index in [-0.39, 0.29) is 24.5 Å². The maximum absolute atomic E-state index is 13.0. The van der Waals surface area contributed by atoms with Gasteiger partial charge in [0.1, 0.15) is 5.75 Å². The molecule has 136 valence electrons. The number of aromatic nitrogens is 2. The van der Waals surface area contributed by atoms with Crippen LogP contribution in [-0.4, -0.2) is 58.9 Å². The second kappa shape index (κ2) is 7.17. The van der Waals surface area contributed by atoms with E-state index < -0.39 is 0 Å². The molecule has 1 aromatic carbocycles. The molecular weight excluding hydrogens is 336 g/mol. The lowest BCUT2D eigenvalue weighted by molar-refractivity contribution is -0.118. The minimum absolute atomic E-state index is 0.0336. The summed E-state index contributed by atoms with van der Waals surface area (Å²) in [5.41, 5.74) is 1.13. The van der Waals surface area contributed by atoms with Crippen LogP contribution in [0, 0.1) is 0 Å². The molecule has 1 aromatic heterocycles. The van der Waals surface area contributed by atoms with E-state index in [1.54, 1.807) is 24.4 Å². The van der Waals surface area contributed by atoms with Gasteiger partial charge >= 0.3 is 0 Å². The highest BCUT2D eigenvalue weighted by molar-refractivity contribution is 5.99. The highest BCUT2D eigenvalue weighted by Crippen LogP contribution is 2.29. The van der Waals surface area contributed by atoms with Crippen molar-refractivity contribution < 1.29 is 19.1 Å². The molecule has 1 fully saturated rings. The number of carbonyl (C=O) groups excluding carboxylic acids is 2. The van der Waals surface area contributed by atoms with Crippen molar-refractivity contribution in [3.05, 3.63) is 42.2 Å². The average molecular weight is 356 g/mol. The van der Waals surface area contributed by atoms with Crippen molar-refractivity contribution in [3.8, 4) is 5.75 Å². The Morgan fingerprint density at radius 3 is 3.15 bits per heavy atom. The zero-order chi connectivity index (χ0) is 17.9. The summed E-state index contributed by atoms with van der Waals surface area (Å²) < 4.78 is 13.1. The number of nitrogens with zero attached hydrogens (tertiary/aromatic N) is 3. The van der Waals surface area contributed by atoms with Gasteiger partial charge in [0.2, 0.25) is 0 Å². The molecule has 1 saturated heterocycles. The van der Waals surface area contributed by atoms with Gasteiger partial charge in [-0.2, -0.15) is 5.10 Å². The Morgan fingerprint density at radius 2 is 2.31 bits per heavy atom. The minimum Gasteiger partial charge on any atom is -0.482 e. The quantitative estimate of drug-likeness (QED) is 0.892. The van der Waals surface area contributed by atoms with Crippen molar-refractivity contribution in [1.82, 2.24) is 14.7 Å². The standard InChI is InChI=1S/C18H20N4O4/c23-17-12-26-16-9-13(3-4-15(16)20-17)18(24)21-6-2-8-25-14(10-21)11-22-7-1-5-19-22/h1,3-5,7,9,14H,2,6,8,10-12H2,(H,20,23)/t14-/m1/s1. The van der Waals surface area contributed by atoms with Gasteiger partial charge in [-0.25, -0.2) is 0 Å². The molecule has 0 unspecified atom stereocenters. The van der Waals surface area contributed by atoms with E-state index in [0.29, 0.717) is 43.2 Å². The first kappa shape index (κ1) is 16.6. The first-order valence-corrected chi connectivity index (χ1v) is 8.64. The SMILES string of the molecule is O=C1COc2cc(C(=O)N3CCCO[C@@H](Cn4cccn4)C3)ccc2N1. The normalized spacial score (nSPS) is 19.9. The fraction of sp³-hybridized carbons (Fsp3) is 0.389. The van der Waals surface area contributed by atoms with Crippen LogP contribution in [0.25, 0.3) is 0 Å². The Labute approximate surface area is 150 Å². The second-order valence-electron chi connectivity index (χ2n) is 6.37. The molecular formula is C18H20N4O4. The van der Waals surface area contributed by atoms with Crippen LogP contribution in [0.5, 0.6) is 5.75 Å². The summed E-state index contributed by atoms with van der Waals surface area (Å²) in [6.07, 6.45) is 4.30. The first-order chi connectivity index (χ1) is 12.7. The van der Waals surface area contributed by atoms with Crippen LogP contribution < -0.4 is 10.1 Å². The number of rotatable bonds is 3. The van der Waals surface area contributed by atoms with Crippen LogP contribution in [0.1, 0.15) is 16.8 Å². The summed E-state index contributed by atoms with van der Waals surface area (Å²) in [7, 11) is 0. The number of amides is 2. The topological polar surface area (TPSA) is 85.7 Å². The van der Waals surface area contributed by atoms with E-state index in [1.807, 2.05) is 21.8 Å². The van der Waals surface area contributed by atoms with Crippen molar-refractivity contribution in [2.75, 3.05) is 31.6 Å². The van der Waals surface area contributed by atoms with E-state index in [4.69, 9.17) is 9.47 Å². The smallest absolute Gasteiger partial charge is 0.262 e. The lowest BCUT2D eigenvalue weighted by Gasteiger charge is -2.25. The maximum atomic E-state index is 13.0. The maximum Gasteiger partial charge on any atom is 0.262 e. The minimum atomic E-state index is -0.192. The Morgan fingerprint density at radius 1 is 1.38 bits per heavy atom. The van der Waals surface area contributed by atoms with Crippen molar-refractivity contribution >= 4 is 17.5 Å². The summed E-state index contributed by atoms with van der Waals surface area (Å²) in [5.74, 6) is 0.265. The number of carbonyl (C=O) groups is 2. The summed E-state index contributed by atoms with van der Waals surface area (Å²) in [4.78, 5) is 26.1. The average Bonchev–Trinajstić information content (AvgIpc) is 3.04. The van der Waals surface area contributed by atoms with Crippen LogP contribution in [0.3, 0.4) is 0 Å². The molecule has 0 aliphatic carbocycles. The Hall–Kier alpha value is -2.87. The Kier molecular flexibility index (Phi) is 4.57. The molecule has 0 bridgehead atoms. The number of ether oxygens (including phenoxy) is 2. The summed E-state index contributed by atoms with van der Waals surface area (Å²) in [6.45, 7) is 2.34. The molecule has 2 aromatic rings. The number of benzene rings is 1. The largest absolute Gasteiger partial charge is 0.482 e. The predicted molar refractivity (Wildman–Crippen MR) is 93.1 cm³/mol. The summed E-state index contributed by atoms with van der Waals surface area (Å²) >= 11 is 0. The molecule has 4 rings (SSSR count). The lowest BCUT2D eigenvalue weighted by Crippen LogP contribution is -2.38. The summed E-state index contributed by atoms with van der Waals surface area (Å²) in [6, 6.07) is 6.97. The van der Waals surface area contributed by atoms with E-state index in [2.05, 4.69) is 10.4 Å². The molecule has 1 N–H and O–H groups in total. The van der Waals surface area contributed by atoms with Gasteiger partial charge in [-0.3, -0.25) is 14.3 Å². The second-order valence-corrected chi connectivity index (χ2v) is 6.37. The van der Waals surface area contributed by atoms with Gasteiger partial charge in [0, 0.05) is 37.7 Å². The first-order valence-electron chi connectivity index (χ1n) is 8.64. The molecule has 0 saturated carbocycles. The van der Waals surface area contributed by atoms with E-state index in [9.17, 15) is 9.59 Å². The number of fused-ring (bicyclic) bond motifs is 1. The van der Waals surface area contributed by atoms with Gasteiger partial charge in [0.05, 0.1) is 18.3 Å². The molecule has 26 heavy (non-hydrogen) atoms. The highest BCUT2D eigenvalue weighted by Gasteiger charge is 2.25. The van der Waals surface area contributed by atoms with Crippen molar-refractivity contribution in [2.45, 2.75) is 19.1 Å². The number of hydrogen-bond donors (Lipinski definition) is 1. The van der Waals surface area contributed by atoms with E-state index >= 15 is 0 Å². The molecule has 0 radical (unpaired) electrons. The van der Waals surface area contributed by atoms with Crippen LogP contribution in [0.15, 0.2) is 36.7 Å². The molecule has 8 heteroatoms. The third-order valence-electron chi connectivity index (χ3n) is 4.45. The number of anilines is 1. The molecule has 0 spiro atoms. The molecule has 2 aliphatic heterocycles. The molecule has 3 heterocycles. The van der Waals surface area contributed by atoms with Gasteiger partial charge in [0.25, 0.3) is 11.8 Å². The Bertz CT molecular complexity index is 806. The van der Waals surface area contributed by atoms with Crippen LogP contribution in [-0.2, 0) is 16.1 Å². The molecule has 1 atom stereocenters. The third-order valence-corrected chi connectivity index (χ3v) is 4.45. The fourth-order valence-electron chi connectivity index (χ4n) is 3.20. The summed E-state index contributed by atoms with van der Waals surface area (Å²) in [5, 5.41) is 6.93. The molecule has 2 aliphatic rings. The van der Waals surface area contributed by atoms with Crippen molar-refractivity contribution in [3.63, 3.8) is 0 Å². The monoisotopic (exact) mass is 356 g/mol. The van der Waals surface area contributed by atoms with Gasteiger partial charge < -0.3 is 19.7 Å². The zero-order valence-corrected chi connectivity index (χ0v) is 14.3. The molecule has 2 amide bonds. The number of nitrogens with one attached hydrogen (secondary N) is 1. The van der Waals surface area contributed by atoms with E-state index in [1.165, 1.54) is 0 Å². The van der Waals surface area contributed by atoms with Gasteiger partial charge in [0.15, 0.2) is 6.61 Å². The molecule has 8 nitrogen and oxygen atoms in total. The van der Waals surface area contributed by atoms with E-state index in [0.717, 1.165) is 6.42 Å². The lowest BCUT2D eigenvalue weighted by atomic mass is 10.1. The van der Waals surface area contributed by atoms with Crippen molar-refractivity contribution in [1.29, 1.82) is 0 Å². The zero-order valence-electron chi connectivity index (χ0n) is 14.3. The predicted octanol–water partition coefficient (Wildman–Crippen LogP) is 1.15. The van der Waals surface area contributed by atoms with Crippen LogP contribution >= 0.6 is 0 Å². The van der Waals surface area contributed by atoms with Crippen LogP contribution in [0.4, 0.5) is 5.69 Å². The van der Waals surface area contributed by atoms with Gasteiger partial charge in [-0.05, 0) is 30.7 Å². The number of hydrogen-bond acceptors (Lipinski definition) is 5. The highest BCUT2D eigenvalue weighted by atomic mass is 16.5. The van der Waals surface area contributed by atoms with Gasteiger partial charge in [-0.1, -0.05) is 0 Å². The third kappa shape index (κ3) is 3.55. The Balaban J connectivity index is 1.48.